The number of fused-ring (bicyclic) bond motifs is 1. The number of imidazole rings is 1. The lowest BCUT2D eigenvalue weighted by atomic mass is 10.1. The first-order valence-electron chi connectivity index (χ1n) is 9.89. The third-order valence-corrected chi connectivity index (χ3v) is 5.12. The SMILES string of the molecule is Cc1cccc(Cn2c(C(C)NC(=O)c3cccc(C)c3)nc3ccccc32)c1. The molecule has 0 saturated carbocycles. The molecule has 1 amide bonds. The van der Waals surface area contributed by atoms with Crippen molar-refractivity contribution in [2.24, 2.45) is 0 Å². The molecule has 1 atom stereocenters. The highest BCUT2D eigenvalue weighted by Crippen LogP contribution is 2.23. The Morgan fingerprint density at radius 1 is 0.966 bits per heavy atom. The van der Waals surface area contributed by atoms with Crippen LogP contribution in [0.4, 0.5) is 0 Å². The predicted octanol–water partition coefficient (Wildman–Crippen LogP) is 5.19. The molecule has 1 heterocycles. The normalized spacial score (nSPS) is 12.1. The minimum atomic E-state index is -0.222. The van der Waals surface area contributed by atoms with Crippen LogP contribution in [0.1, 0.15) is 45.8 Å². The summed E-state index contributed by atoms with van der Waals surface area (Å²) in [6.45, 7) is 6.78. The minimum absolute atomic E-state index is 0.0876. The van der Waals surface area contributed by atoms with Crippen molar-refractivity contribution in [1.82, 2.24) is 14.9 Å². The Morgan fingerprint density at radius 2 is 1.69 bits per heavy atom. The van der Waals surface area contributed by atoms with E-state index in [4.69, 9.17) is 4.98 Å². The third kappa shape index (κ3) is 4.06. The molecular weight excluding hydrogens is 358 g/mol. The highest BCUT2D eigenvalue weighted by atomic mass is 16.1. The van der Waals surface area contributed by atoms with Crippen LogP contribution in [0.2, 0.25) is 0 Å². The molecule has 4 nitrogen and oxygen atoms in total. The number of aromatic nitrogens is 2. The van der Waals surface area contributed by atoms with E-state index in [1.807, 2.05) is 56.3 Å². The molecule has 0 bridgehead atoms. The average molecular weight is 383 g/mol. The molecule has 0 fully saturated rings. The highest BCUT2D eigenvalue weighted by Gasteiger charge is 2.19. The molecule has 0 spiro atoms. The Balaban J connectivity index is 1.68. The summed E-state index contributed by atoms with van der Waals surface area (Å²) < 4.78 is 2.20. The van der Waals surface area contributed by atoms with Gasteiger partial charge in [-0.25, -0.2) is 4.98 Å². The van der Waals surface area contributed by atoms with Gasteiger partial charge in [-0.3, -0.25) is 4.79 Å². The molecule has 1 aromatic heterocycles. The summed E-state index contributed by atoms with van der Waals surface area (Å²) in [7, 11) is 0. The molecule has 1 unspecified atom stereocenters. The van der Waals surface area contributed by atoms with E-state index in [2.05, 4.69) is 47.1 Å². The van der Waals surface area contributed by atoms with Gasteiger partial charge in [-0.15, -0.1) is 0 Å². The number of rotatable bonds is 5. The molecule has 0 radical (unpaired) electrons. The quantitative estimate of drug-likeness (QED) is 0.515. The Morgan fingerprint density at radius 3 is 2.45 bits per heavy atom. The van der Waals surface area contributed by atoms with Gasteiger partial charge >= 0.3 is 0 Å². The number of carbonyl (C=O) groups is 1. The van der Waals surface area contributed by atoms with Crippen LogP contribution in [0.5, 0.6) is 0 Å². The fraction of sp³-hybridized carbons (Fsp3) is 0.200. The Kier molecular flexibility index (Phi) is 5.17. The molecule has 4 rings (SSSR count). The number of benzene rings is 3. The van der Waals surface area contributed by atoms with E-state index in [0.717, 1.165) is 22.4 Å². The number of para-hydroxylation sites is 2. The largest absolute Gasteiger partial charge is 0.342 e. The van der Waals surface area contributed by atoms with Crippen molar-refractivity contribution >= 4 is 16.9 Å². The summed E-state index contributed by atoms with van der Waals surface area (Å²) in [5, 5.41) is 3.12. The monoisotopic (exact) mass is 383 g/mol. The topological polar surface area (TPSA) is 46.9 Å². The van der Waals surface area contributed by atoms with Gasteiger partial charge in [-0.2, -0.15) is 0 Å². The van der Waals surface area contributed by atoms with Crippen LogP contribution in [0, 0.1) is 13.8 Å². The van der Waals surface area contributed by atoms with Gasteiger partial charge < -0.3 is 9.88 Å². The lowest BCUT2D eigenvalue weighted by Crippen LogP contribution is -2.29. The van der Waals surface area contributed by atoms with Crippen molar-refractivity contribution in [2.45, 2.75) is 33.4 Å². The molecule has 29 heavy (non-hydrogen) atoms. The van der Waals surface area contributed by atoms with Crippen molar-refractivity contribution in [1.29, 1.82) is 0 Å². The number of nitrogens with one attached hydrogen (secondary N) is 1. The second-order valence-electron chi connectivity index (χ2n) is 7.60. The van der Waals surface area contributed by atoms with Gasteiger partial charge in [0.2, 0.25) is 0 Å². The highest BCUT2D eigenvalue weighted by molar-refractivity contribution is 5.94. The second kappa shape index (κ2) is 7.92. The van der Waals surface area contributed by atoms with Crippen LogP contribution >= 0.6 is 0 Å². The Labute approximate surface area is 171 Å². The molecule has 0 aliphatic carbocycles. The first-order chi connectivity index (χ1) is 14.0. The molecule has 3 aromatic carbocycles. The summed E-state index contributed by atoms with van der Waals surface area (Å²) >= 11 is 0. The lowest BCUT2D eigenvalue weighted by Gasteiger charge is -2.17. The summed E-state index contributed by atoms with van der Waals surface area (Å²) in [6, 6.07) is 24.0. The fourth-order valence-corrected chi connectivity index (χ4v) is 3.71. The third-order valence-electron chi connectivity index (χ3n) is 5.12. The van der Waals surface area contributed by atoms with Crippen LogP contribution in [-0.2, 0) is 6.54 Å². The predicted molar refractivity (Wildman–Crippen MR) is 117 cm³/mol. The molecule has 0 saturated heterocycles. The smallest absolute Gasteiger partial charge is 0.251 e. The van der Waals surface area contributed by atoms with E-state index in [1.165, 1.54) is 11.1 Å². The summed E-state index contributed by atoms with van der Waals surface area (Å²) in [5.41, 5.74) is 6.18. The van der Waals surface area contributed by atoms with Crippen molar-refractivity contribution < 1.29 is 4.79 Å². The maximum atomic E-state index is 12.8. The van der Waals surface area contributed by atoms with Gasteiger partial charge in [0.1, 0.15) is 5.82 Å². The van der Waals surface area contributed by atoms with E-state index >= 15 is 0 Å². The van der Waals surface area contributed by atoms with Crippen molar-refractivity contribution in [3.8, 4) is 0 Å². The molecule has 1 N–H and O–H groups in total. The first-order valence-corrected chi connectivity index (χ1v) is 9.89. The molecular formula is C25H25N3O. The summed E-state index contributed by atoms with van der Waals surface area (Å²) in [4.78, 5) is 17.6. The van der Waals surface area contributed by atoms with Crippen molar-refractivity contribution in [3.63, 3.8) is 0 Å². The van der Waals surface area contributed by atoms with E-state index < -0.39 is 0 Å². The molecule has 4 heteroatoms. The zero-order valence-corrected chi connectivity index (χ0v) is 17.0. The average Bonchev–Trinajstić information content (AvgIpc) is 3.07. The van der Waals surface area contributed by atoms with Crippen LogP contribution in [-0.4, -0.2) is 15.5 Å². The Bertz CT molecular complexity index is 1180. The van der Waals surface area contributed by atoms with E-state index in [9.17, 15) is 4.79 Å². The molecule has 0 aliphatic heterocycles. The van der Waals surface area contributed by atoms with Crippen LogP contribution in [0.25, 0.3) is 11.0 Å². The van der Waals surface area contributed by atoms with Gasteiger partial charge in [0, 0.05) is 12.1 Å². The van der Waals surface area contributed by atoms with E-state index in [1.54, 1.807) is 0 Å². The van der Waals surface area contributed by atoms with Crippen LogP contribution in [0.3, 0.4) is 0 Å². The molecule has 0 aliphatic rings. The number of hydrogen-bond donors (Lipinski definition) is 1. The van der Waals surface area contributed by atoms with Gasteiger partial charge in [0.25, 0.3) is 5.91 Å². The minimum Gasteiger partial charge on any atom is -0.342 e. The number of carbonyl (C=O) groups excluding carboxylic acids is 1. The lowest BCUT2D eigenvalue weighted by molar-refractivity contribution is 0.0937. The van der Waals surface area contributed by atoms with Gasteiger partial charge in [-0.1, -0.05) is 59.7 Å². The Hall–Kier alpha value is -3.40. The first kappa shape index (κ1) is 18.9. The van der Waals surface area contributed by atoms with Gasteiger partial charge in [0.15, 0.2) is 0 Å². The maximum Gasteiger partial charge on any atom is 0.251 e. The molecule has 146 valence electrons. The van der Waals surface area contributed by atoms with Gasteiger partial charge in [-0.05, 0) is 50.6 Å². The van der Waals surface area contributed by atoms with Crippen molar-refractivity contribution in [2.75, 3.05) is 0 Å². The zero-order valence-electron chi connectivity index (χ0n) is 17.0. The van der Waals surface area contributed by atoms with E-state index in [-0.39, 0.29) is 11.9 Å². The number of amides is 1. The fourth-order valence-electron chi connectivity index (χ4n) is 3.71. The maximum absolute atomic E-state index is 12.8. The zero-order chi connectivity index (χ0) is 20.4. The summed E-state index contributed by atoms with van der Waals surface area (Å²) in [6.07, 6.45) is 0. The van der Waals surface area contributed by atoms with Crippen LogP contribution < -0.4 is 5.32 Å². The number of hydrogen-bond acceptors (Lipinski definition) is 2. The second-order valence-corrected chi connectivity index (χ2v) is 7.60. The van der Waals surface area contributed by atoms with E-state index in [0.29, 0.717) is 12.1 Å². The van der Waals surface area contributed by atoms with Crippen LogP contribution in [0.15, 0.2) is 72.8 Å². The molecule has 4 aromatic rings. The number of nitrogens with zero attached hydrogens (tertiary/aromatic N) is 2. The van der Waals surface area contributed by atoms with Gasteiger partial charge in [0.05, 0.1) is 17.1 Å². The summed E-state index contributed by atoms with van der Waals surface area (Å²) in [5.74, 6) is 0.768. The standard InChI is InChI=1S/C25H25N3O/c1-17-8-6-10-20(14-17)16-28-23-13-5-4-12-22(23)27-24(28)19(3)26-25(29)21-11-7-9-18(2)15-21/h4-15,19H,16H2,1-3H3,(H,26,29). The van der Waals surface area contributed by atoms with Crippen molar-refractivity contribution in [3.05, 3.63) is 101 Å². The number of aryl methyl sites for hydroxylation is 2.